The van der Waals surface area contributed by atoms with Crippen LogP contribution in [0.5, 0.6) is 0 Å². The number of rotatable bonds is 3. The molecule has 0 aliphatic heterocycles. The fourth-order valence-electron chi connectivity index (χ4n) is 2.54. The van der Waals surface area contributed by atoms with E-state index in [1.807, 2.05) is 24.3 Å². The summed E-state index contributed by atoms with van der Waals surface area (Å²) in [5, 5.41) is 2.22. The van der Waals surface area contributed by atoms with E-state index in [1.165, 1.54) is 5.56 Å². The zero-order valence-corrected chi connectivity index (χ0v) is 10.7. The van der Waals surface area contributed by atoms with Crippen LogP contribution in [0.4, 0.5) is 8.78 Å². The monoisotopic (exact) mass is 273 g/mol. The van der Waals surface area contributed by atoms with E-state index in [0.717, 1.165) is 23.1 Å². The molecule has 0 atom stereocenters. The lowest BCUT2D eigenvalue weighted by Gasteiger charge is -2.07. The van der Waals surface area contributed by atoms with Crippen LogP contribution in [-0.4, -0.2) is 18.9 Å². The van der Waals surface area contributed by atoms with Crippen LogP contribution in [0.15, 0.2) is 42.5 Å². The number of benzene rings is 2. The van der Waals surface area contributed by atoms with Crippen LogP contribution in [0.1, 0.15) is 21.5 Å². The van der Waals surface area contributed by atoms with Gasteiger partial charge in [-0.3, -0.25) is 4.79 Å². The highest BCUT2D eigenvalue weighted by atomic mass is 19.3. The Balaban J connectivity index is 1.90. The van der Waals surface area contributed by atoms with Gasteiger partial charge in [0.2, 0.25) is 0 Å². The van der Waals surface area contributed by atoms with E-state index in [4.69, 9.17) is 0 Å². The van der Waals surface area contributed by atoms with E-state index < -0.39 is 18.9 Å². The average molecular weight is 273 g/mol. The van der Waals surface area contributed by atoms with E-state index in [0.29, 0.717) is 5.56 Å². The van der Waals surface area contributed by atoms with Crippen LogP contribution in [0, 0.1) is 0 Å². The molecule has 0 aromatic heterocycles. The fourth-order valence-corrected chi connectivity index (χ4v) is 2.54. The van der Waals surface area contributed by atoms with Crippen molar-refractivity contribution >= 4 is 5.91 Å². The second kappa shape index (κ2) is 5.04. The highest BCUT2D eigenvalue weighted by Crippen LogP contribution is 2.36. The molecule has 1 aliphatic rings. The molecule has 0 radical (unpaired) electrons. The third-order valence-corrected chi connectivity index (χ3v) is 3.48. The summed E-state index contributed by atoms with van der Waals surface area (Å²) < 4.78 is 24.2. The van der Waals surface area contributed by atoms with Gasteiger partial charge in [0.15, 0.2) is 0 Å². The summed E-state index contributed by atoms with van der Waals surface area (Å²) in [5.74, 6) is -0.461. The van der Waals surface area contributed by atoms with Crippen LogP contribution in [0.25, 0.3) is 11.1 Å². The highest BCUT2D eigenvalue weighted by Gasteiger charge is 2.19. The normalized spacial score (nSPS) is 12.2. The first-order valence-electron chi connectivity index (χ1n) is 6.42. The second-order valence-electron chi connectivity index (χ2n) is 4.81. The molecule has 2 nitrogen and oxygen atoms in total. The van der Waals surface area contributed by atoms with Crippen LogP contribution in [0.2, 0.25) is 0 Å². The lowest BCUT2D eigenvalue weighted by atomic mass is 10.0. The first kappa shape index (κ1) is 12.8. The largest absolute Gasteiger partial charge is 0.346 e. The number of hydrogen-bond acceptors (Lipinski definition) is 1. The Morgan fingerprint density at radius 1 is 1.10 bits per heavy atom. The second-order valence-corrected chi connectivity index (χ2v) is 4.81. The van der Waals surface area contributed by atoms with Crippen molar-refractivity contribution in [3.63, 3.8) is 0 Å². The van der Waals surface area contributed by atoms with E-state index in [9.17, 15) is 13.6 Å². The van der Waals surface area contributed by atoms with Crippen molar-refractivity contribution < 1.29 is 13.6 Å². The number of halogens is 2. The molecular weight excluding hydrogens is 260 g/mol. The number of hydrogen-bond donors (Lipinski definition) is 1. The van der Waals surface area contributed by atoms with Crippen LogP contribution in [-0.2, 0) is 6.42 Å². The number of carbonyl (C=O) groups is 1. The van der Waals surface area contributed by atoms with Gasteiger partial charge in [-0.2, -0.15) is 0 Å². The lowest BCUT2D eigenvalue weighted by molar-refractivity contribution is 0.0892. The van der Waals surface area contributed by atoms with Gasteiger partial charge in [-0.25, -0.2) is 8.78 Å². The maximum atomic E-state index is 12.1. The zero-order chi connectivity index (χ0) is 14.1. The topological polar surface area (TPSA) is 29.1 Å². The minimum absolute atomic E-state index is 0.418. The Bertz CT molecular complexity index is 667. The molecule has 0 heterocycles. The van der Waals surface area contributed by atoms with E-state index >= 15 is 0 Å². The Morgan fingerprint density at radius 2 is 1.85 bits per heavy atom. The first-order valence-corrected chi connectivity index (χ1v) is 6.42. The molecule has 2 aromatic rings. The molecule has 4 heteroatoms. The number of amides is 1. The number of carbonyl (C=O) groups excluding carboxylic acids is 1. The number of nitrogens with one attached hydrogen (secondary N) is 1. The molecular formula is C16H13F2NO. The molecule has 0 saturated carbocycles. The average Bonchev–Trinajstić information content (AvgIpc) is 2.82. The summed E-state index contributed by atoms with van der Waals surface area (Å²) in [7, 11) is 0. The molecule has 3 rings (SSSR count). The first-order chi connectivity index (χ1) is 9.65. The predicted octanol–water partition coefficient (Wildman–Crippen LogP) is 3.25. The fraction of sp³-hybridized carbons (Fsp3) is 0.188. The van der Waals surface area contributed by atoms with Crippen molar-refractivity contribution in [2.24, 2.45) is 0 Å². The van der Waals surface area contributed by atoms with Crippen LogP contribution in [0.3, 0.4) is 0 Å². The smallest absolute Gasteiger partial charge is 0.255 e. The van der Waals surface area contributed by atoms with Gasteiger partial charge in [-0.15, -0.1) is 0 Å². The minimum atomic E-state index is -2.53. The SMILES string of the molecule is O=C(NCC(F)F)c1ccc2c(c1)-c1ccccc1C2. The Hall–Kier alpha value is -2.23. The molecule has 0 unspecified atom stereocenters. The maximum Gasteiger partial charge on any atom is 0.255 e. The zero-order valence-electron chi connectivity index (χ0n) is 10.7. The van der Waals surface area contributed by atoms with Gasteiger partial charge in [0.1, 0.15) is 0 Å². The molecule has 1 amide bonds. The van der Waals surface area contributed by atoms with Gasteiger partial charge in [0.05, 0.1) is 6.54 Å². The quantitative estimate of drug-likeness (QED) is 0.779. The van der Waals surface area contributed by atoms with Crippen molar-refractivity contribution in [3.8, 4) is 11.1 Å². The Kier molecular flexibility index (Phi) is 3.22. The van der Waals surface area contributed by atoms with Gasteiger partial charge < -0.3 is 5.32 Å². The van der Waals surface area contributed by atoms with Gasteiger partial charge in [-0.05, 0) is 40.8 Å². The highest BCUT2D eigenvalue weighted by molar-refractivity contribution is 5.96. The molecule has 1 N–H and O–H groups in total. The van der Waals surface area contributed by atoms with Crippen LogP contribution < -0.4 is 5.32 Å². The molecule has 2 aromatic carbocycles. The van der Waals surface area contributed by atoms with E-state index in [2.05, 4.69) is 11.4 Å². The molecule has 1 aliphatic carbocycles. The summed E-state index contributed by atoms with van der Waals surface area (Å²) in [6.07, 6.45) is -1.68. The van der Waals surface area contributed by atoms with Crippen molar-refractivity contribution in [3.05, 3.63) is 59.2 Å². The third kappa shape index (κ3) is 2.29. The molecule has 0 spiro atoms. The lowest BCUT2D eigenvalue weighted by Crippen LogP contribution is -2.28. The molecule has 0 saturated heterocycles. The minimum Gasteiger partial charge on any atom is -0.346 e. The summed E-state index contributed by atoms with van der Waals surface area (Å²) in [6, 6.07) is 13.4. The number of alkyl halides is 2. The maximum absolute atomic E-state index is 12.1. The van der Waals surface area contributed by atoms with Crippen molar-refractivity contribution in [2.75, 3.05) is 6.54 Å². The Labute approximate surface area is 115 Å². The van der Waals surface area contributed by atoms with Crippen molar-refractivity contribution in [1.29, 1.82) is 0 Å². The van der Waals surface area contributed by atoms with Crippen molar-refractivity contribution in [2.45, 2.75) is 12.8 Å². The molecule has 0 bridgehead atoms. The predicted molar refractivity (Wildman–Crippen MR) is 73.0 cm³/mol. The molecule has 102 valence electrons. The van der Waals surface area contributed by atoms with Gasteiger partial charge in [0.25, 0.3) is 12.3 Å². The number of fused-ring (bicyclic) bond motifs is 3. The van der Waals surface area contributed by atoms with Crippen LogP contribution >= 0.6 is 0 Å². The van der Waals surface area contributed by atoms with E-state index in [-0.39, 0.29) is 0 Å². The van der Waals surface area contributed by atoms with Gasteiger partial charge in [0, 0.05) is 5.56 Å². The third-order valence-electron chi connectivity index (χ3n) is 3.48. The van der Waals surface area contributed by atoms with E-state index in [1.54, 1.807) is 12.1 Å². The Morgan fingerprint density at radius 3 is 2.65 bits per heavy atom. The standard InChI is InChI=1S/C16H13F2NO/c17-15(18)9-19-16(20)12-6-5-11-7-10-3-1-2-4-13(10)14(11)8-12/h1-6,8,15H,7,9H2,(H,19,20). The summed E-state index contributed by atoms with van der Waals surface area (Å²) in [4.78, 5) is 11.8. The van der Waals surface area contributed by atoms with Crippen molar-refractivity contribution in [1.82, 2.24) is 5.32 Å². The van der Waals surface area contributed by atoms with Gasteiger partial charge in [-0.1, -0.05) is 30.3 Å². The summed E-state index contributed by atoms with van der Waals surface area (Å²) >= 11 is 0. The molecule has 0 fully saturated rings. The molecule has 20 heavy (non-hydrogen) atoms. The van der Waals surface area contributed by atoms with Gasteiger partial charge >= 0.3 is 0 Å². The summed E-state index contributed by atoms with van der Waals surface area (Å²) in [6.45, 7) is -0.619. The summed E-state index contributed by atoms with van der Waals surface area (Å²) in [5.41, 5.74) is 4.95.